The molecule has 2 rings (SSSR count). The Morgan fingerprint density at radius 2 is 2.04 bits per heavy atom. The molecule has 0 fully saturated rings. The van der Waals surface area contributed by atoms with Gasteiger partial charge in [-0.2, -0.15) is 0 Å². The Bertz CT molecular complexity index is 608. The fourth-order valence-electron chi connectivity index (χ4n) is 2.43. The molecular weight excluding hydrogens is 413 g/mol. The van der Waals surface area contributed by atoms with Gasteiger partial charge in [0, 0.05) is 32.5 Å². The van der Waals surface area contributed by atoms with Crippen LogP contribution in [-0.2, 0) is 6.54 Å². The van der Waals surface area contributed by atoms with Crippen molar-refractivity contribution in [1.29, 1.82) is 0 Å². The van der Waals surface area contributed by atoms with Crippen LogP contribution in [0.4, 0.5) is 0 Å². The molecule has 24 heavy (non-hydrogen) atoms. The van der Waals surface area contributed by atoms with Crippen molar-refractivity contribution in [2.75, 3.05) is 13.6 Å². The number of nitrogens with zero attached hydrogens (tertiary/aromatic N) is 3. The van der Waals surface area contributed by atoms with Crippen LogP contribution >= 0.6 is 24.0 Å². The molecule has 0 unspecified atom stereocenters. The van der Waals surface area contributed by atoms with Crippen LogP contribution in [0.2, 0.25) is 0 Å². The number of halogens is 1. The minimum Gasteiger partial charge on any atom is -0.356 e. The van der Waals surface area contributed by atoms with E-state index in [1.165, 1.54) is 12.0 Å². The fraction of sp³-hybridized carbons (Fsp3) is 0.444. The van der Waals surface area contributed by atoms with Crippen LogP contribution in [0.15, 0.2) is 48.0 Å². The van der Waals surface area contributed by atoms with Crippen molar-refractivity contribution in [1.82, 2.24) is 20.2 Å². The maximum atomic E-state index is 4.29. The third kappa shape index (κ3) is 6.51. The number of hydrogen-bond donors (Lipinski definition) is 2. The Balaban J connectivity index is 0.00000288. The van der Waals surface area contributed by atoms with Gasteiger partial charge in [-0.15, -0.1) is 24.0 Å². The summed E-state index contributed by atoms with van der Waals surface area (Å²) in [6.45, 7) is 6.17. The third-order valence-corrected chi connectivity index (χ3v) is 3.69. The molecular formula is C18H28IN5. The van der Waals surface area contributed by atoms with E-state index in [4.69, 9.17) is 0 Å². The molecule has 0 amide bonds. The first-order valence-corrected chi connectivity index (χ1v) is 8.21. The molecule has 0 aliphatic heterocycles. The number of imidazole rings is 1. The molecule has 1 heterocycles. The predicted octanol–water partition coefficient (Wildman–Crippen LogP) is 3.59. The van der Waals surface area contributed by atoms with E-state index in [-0.39, 0.29) is 24.0 Å². The van der Waals surface area contributed by atoms with Gasteiger partial charge in [0.05, 0.1) is 12.0 Å². The molecule has 5 nitrogen and oxygen atoms in total. The average molecular weight is 441 g/mol. The van der Waals surface area contributed by atoms with E-state index in [2.05, 4.69) is 52.7 Å². The summed E-state index contributed by atoms with van der Waals surface area (Å²) in [4.78, 5) is 8.41. The molecule has 0 radical (unpaired) electrons. The average Bonchev–Trinajstić information content (AvgIpc) is 3.08. The molecule has 1 aromatic carbocycles. The smallest absolute Gasteiger partial charge is 0.191 e. The lowest BCUT2D eigenvalue weighted by Gasteiger charge is -2.15. The number of nitrogens with one attached hydrogen (secondary N) is 2. The second-order valence-electron chi connectivity index (χ2n) is 5.99. The van der Waals surface area contributed by atoms with Gasteiger partial charge in [0.2, 0.25) is 0 Å². The van der Waals surface area contributed by atoms with Crippen molar-refractivity contribution in [2.45, 2.75) is 33.2 Å². The summed E-state index contributed by atoms with van der Waals surface area (Å²) in [5.41, 5.74) is 2.34. The molecule has 0 aliphatic carbocycles. The highest BCUT2D eigenvalue weighted by molar-refractivity contribution is 14.0. The SMILES string of the molecule is CN=C(NCCCC(C)C)NCc1ccccc1-n1ccnc1.I. The summed E-state index contributed by atoms with van der Waals surface area (Å²) in [7, 11) is 1.81. The fourth-order valence-corrected chi connectivity index (χ4v) is 2.43. The zero-order chi connectivity index (χ0) is 16.5. The highest BCUT2D eigenvalue weighted by atomic mass is 127. The lowest BCUT2D eigenvalue weighted by Crippen LogP contribution is -2.37. The predicted molar refractivity (Wildman–Crippen MR) is 111 cm³/mol. The van der Waals surface area contributed by atoms with Crippen LogP contribution in [0.1, 0.15) is 32.3 Å². The van der Waals surface area contributed by atoms with Crippen molar-refractivity contribution >= 4 is 29.9 Å². The minimum absolute atomic E-state index is 0. The van der Waals surface area contributed by atoms with Crippen LogP contribution in [0.25, 0.3) is 5.69 Å². The lowest BCUT2D eigenvalue weighted by molar-refractivity contribution is 0.549. The molecule has 0 spiro atoms. The number of guanidine groups is 1. The monoisotopic (exact) mass is 441 g/mol. The van der Waals surface area contributed by atoms with E-state index in [9.17, 15) is 0 Å². The largest absolute Gasteiger partial charge is 0.356 e. The van der Waals surface area contributed by atoms with Crippen LogP contribution < -0.4 is 10.6 Å². The molecule has 0 atom stereocenters. The second kappa shape index (κ2) is 11.1. The first kappa shape index (κ1) is 20.5. The number of benzene rings is 1. The van der Waals surface area contributed by atoms with Crippen molar-refractivity contribution in [3.05, 3.63) is 48.5 Å². The Hall–Kier alpha value is -1.57. The van der Waals surface area contributed by atoms with E-state index >= 15 is 0 Å². The van der Waals surface area contributed by atoms with E-state index < -0.39 is 0 Å². The highest BCUT2D eigenvalue weighted by Crippen LogP contribution is 2.13. The molecule has 0 saturated heterocycles. The summed E-state index contributed by atoms with van der Waals surface area (Å²) in [6.07, 6.45) is 7.95. The number of hydrogen-bond acceptors (Lipinski definition) is 2. The number of aliphatic imine (C=N–C) groups is 1. The summed E-state index contributed by atoms with van der Waals surface area (Å²) >= 11 is 0. The Kier molecular flexibility index (Phi) is 9.44. The normalized spacial score (nSPS) is 11.2. The van der Waals surface area contributed by atoms with Crippen molar-refractivity contribution in [3.8, 4) is 5.69 Å². The van der Waals surface area contributed by atoms with Crippen LogP contribution in [-0.4, -0.2) is 29.1 Å². The molecule has 0 bridgehead atoms. The molecule has 2 aromatic rings. The summed E-state index contributed by atoms with van der Waals surface area (Å²) in [6, 6.07) is 8.31. The van der Waals surface area contributed by atoms with Gasteiger partial charge in [-0.1, -0.05) is 32.0 Å². The van der Waals surface area contributed by atoms with Gasteiger partial charge in [0.25, 0.3) is 0 Å². The summed E-state index contributed by atoms with van der Waals surface area (Å²) < 4.78 is 2.02. The van der Waals surface area contributed by atoms with E-state index in [0.717, 1.165) is 37.1 Å². The molecule has 6 heteroatoms. The Labute approximate surface area is 162 Å². The first-order valence-electron chi connectivity index (χ1n) is 8.21. The topological polar surface area (TPSA) is 54.2 Å². The van der Waals surface area contributed by atoms with Gasteiger partial charge < -0.3 is 15.2 Å². The third-order valence-electron chi connectivity index (χ3n) is 3.69. The Morgan fingerprint density at radius 3 is 2.71 bits per heavy atom. The van der Waals surface area contributed by atoms with Gasteiger partial charge in [-0.3, -0.25) is 4.99 Å². The highest BCUT2D eigenvalue weighted by Gasteiger charge is 2.05. The van der Waals surface area contributed by atoms with Gasteiger partial charge in [0.1, 0.15) is 0 Å². The molecule has 1 aromatic heterocycles. The quantitative estimate of drug-likeness (QED) is 0.299. The number of aromatic nitrogens is 2. The van der Waals surface area contributed by atoms with Crippen molar-refractivity contribution in [2.24, 2.45) is 10.9 Å². The van der Waals surface area contributed by atoms with Gasteiger partial charge >= 0.3 is 0 Å². The maximum Gasteiger partial charge on any atom is 0.191 e. The zero-order valence-electron chi connectivity index (χ0n) is 14.7. The number of para-hydroxylation sites is 1. The van der Waals surface area contributed by atoms with Crippen LogP contribution in [0.3, 0.4) is 0 Å². The number of rotatable bonds is 7. The van der Waals surface area contributed by atoms with Gasteiger partial charge in [-0.05, 0) is 30.4 Å². The van der Waals surface area contributed by atoms with Gasteiger partial charge in [0.15, 0.2) is 5.96 Å². The second-order valence-corrected chi connectivity index (χ2v) is 5.99. The zero-order valence-corrected chi connectivity index (χ0v) is 17.0. The van der Waals surface area contributed by atoms with Gasteiger partial charge in [-0.25, -0.2) is 4.98 Å². The minimum atomic E-state index is 0. The van der Waals surface area contributed by atoms with E-state index in [1.54, 1.807) is 13.2 Å². The van der Waals surface area contributed by atoms with E-state index in [1.807, 2.05) is 23.2 Å². The van der Waals surface area contributed by atoms with Crippen molar-refractivity contribution in [3.63, 3.8) is 0 Å². The van der Waals surface area contributed by atoms with Crippen molar-refractivity contribution < 1.29 is 0 Å². The van der Waals surface area contributed by atoms with Crippen LogP contribution in [0, 0.1) is 5.92 Å². The maximum absolute atomic E-state index is 4.29. The summed E-state index contributed by atoms with van der Waals surface area (Å²) in [5.74, 6) is 1.59. The lowest BCUT2D eigenvalue weighted by atomic mass is 10.1. The molecule has 0 aliphatic rings. The molecule has 0 saturated carbocycles. The molecule has 2 N–H and O–H groups in total. The summed E-state index contributed by atoms with van der Waals surface area (Å²) in [5, 5.41) is 6.75. The van der Waals surface area contributed by atoms with E-state index in [0.29, 0.717) is 0 Å². The van der Waals surface area contributed by atoms with Crippen LogP contribution in [0.5, 0.6) is 0 Å². The Morgan fingerprint density at radius 1 is 1.25 bits per heavy atom. The first-order chi connectivity index (χ1) is 11.2. The molecule has 132 valence electrons. The standard InChI is InChI=1S/C18H27N5.HI/c1-15(2)7-6-10-21-18(19-3)22-13-16-8-4-5-9-17(16)23-12-11-20-14-23;/h4-5,8-9,11-12,14-15H,6-7,10,13H2,1-3H3,(H2,19,21,22);1H.